The number of benzene rings is 4. The number of aliphatic hydroxyl groups is 3. The fraction of sp³-hybridized carbons (Fsp3) is 0.213. The summed E-state index contributed by atoms with van der Waals surface area (Å²) in [5.74, 6) is 2.91. The van der Waals surface area contributed by atoms with Crippen LogP contribution < -0.4 is 34.9 Å². The molecule has 402 valence electrons. The van der Waals surface area contributed by atoms with Gasteiger partial charge in [0.25, 0.3) is 11.8 Å². The molecule has 0 aliphatic heterocycles. The summed E-state index contributed by atoms with van der Waals surface area (Å²) >= 11 is 0. The molecule has 1 aliphatic carbocycles. The van der Waals surface area contributed by atoms with E-state index >= 15 is 0 Å². The van der Waals surface area contributed by atoms with Gasteiger partial charge in [-0.15, -0.1) is 0 Å². The molecule has 0 spiro atoms. The van der Waals surface area contributed by atoms with Crippen LogP contribution in [0.15, 0.2) is 199 Å². The Morgan fingerprint density at radius 1 is 0.564 bits per heavy atom. The van der Waals surface area contributed by atoms with Gasteiger partial charge in [0.05, 0.1) is 19.6 Å². The number of hydrogen-bond acceptors (Lipinski definition) is 14. The number of ether oxygens (including phenoxy) is 4. The number of nitrogens with one attached hydrogen (secondary N) is 3. The molecule has 17 nitrogen and oxygen atoms in total. The smallest absolute Gasteiger partial charge is 0.291 e. The van der Waals surface area contributed by atoms with Crippen LogP contribution in [0.4, 0.5) is 17.1 Å². The Hall–Kier alpha value is -9.16. The normalized spacial score (nSPS) is 14.6. The summed E-state index contributed by atoms with van der Waals surface area (Å²) in [5.41, 5.74) is 5.73. The van der Waals surface area contributed by atoms with Crippen molar-refractivity contribution in [2.75, 3.05) is 23.1 Å². The minimum absolute atomic E-state index is 0.0265. The number of carbonyl (C=O) groups is 3. The Morgan fingerprint density at radius 2 is 1.03 bits per heavy atom. The van der Waals surface area contributed by atoms with E-state index in [4.69, 9.17) is 23.4 Å². The van der Waals surface area contributed by atoms with Crippen LogP contribution in [-0.2, 0) is 41.2 Å². The number of pyridine rings is 3. The minimum atomic E-state index is -1.28. The molecule has 4 aromatic carbocycles. The summed E-state index contributed by atoms with van der Waals surface area (Å²) in [6.45, 7) is 7.31. The lowest BCUT2D eigenvalue weighted by Gasteiger charge is -2.27. The van der Waals surface area contributed by atoms with Gasteiger partial charge < -0.3 is 54.6 Å². The standard InChI is InChI=1S/C21H22N2O3.C21H20N2O3.C19H20N2O5/c1-21(2,3)19-10-9-18(26-19)20(24)23-16-7-4-8-17(12-16)25-14-15-6-5-11-22-13-15;1-25-19-8-2-5-16(11-19)12-21(24)23-18-7-3-9-20(13-18)26-15-17-6-4-10-22-14-17;22-16-7-13(8-17(23)18(16)24)19(25)21-14-4-1-5-15(9-14)26-11-12-3-2-6-20-10-12/h4-13H,14H2,1-3H3,(H,23,24);2-11,13-14H,12,15H2,1H3,(H,23,24);1-7,9-10,16-18,22-24H,8,11H2,(H,21,25)/t;;16-,17-,18-/m..0/s1. The van der Waals surface area contributed by atoms with E-state index in [1.165, 1.54) is 6.08 Å². The van der Waals surface area contributed by atoms with Crippen molar-refractivity contribution in [1.82, 2.24) is 15.0 Å². The highest BCUT2D eigenvalue weighted by Gasteiger charge is 2.31. The molecule has 6 N–H and O–H groups in total. The van der Waals surface area contributed by atoms with Gasteiger partial charge in [-0.25, -0.2) is 0 Å². The second-order valence-electron chi connectivity index (χ2n) is 18.9. The summed E-state index contributed by atoms with van der Waals surface area (Å²) in [4.78, 5) is 49.1. The minimum Gasteiger partial charge on any atom is -0.497 e. The van der Waals surface area contributed by atoms with Gasteiger partial charge in [-0.05, 0) is 90.5 Å². The molecule has 4 heterocycles. The van der Waals surface area contributed by atoms with Gasteiger partial charge in [0.1, 0.15) is 60.8 Å². The van der Waals surface area contributed by atoms with Crippen LogP contribution in [0.2, 0.25) is 0 Å². The summed E-state index contributed by atoms with van der Waals surface area (Å²) in [6.07, 6.45) is 8.15. The van der Waals surface area contributed by atoms with Gasteiger partial charge >= 0.3 is 0 Å². The van der Waals surface area contributed by atoms with Crippen LogP contribution in [0.5, 0.6) is 23.0 Å². The Kier molecular flexibility index (Phi) is 20.4. The average molecular weight is 1060 g/mol. The van der Waals surface area contributed by atoms with Gasteiger partial charge in [0.15, 0.2) is 5.76 Å². The number of rotatable bonds is 17. The first kappa shape index (κ1) is 56.6. The Morgan fingerprint density at radius 3 is 1.47 bits per heavy atom. The van der Waals surface area contributed by atoms with Crippen molar-refractivity contribution in [2.45, 2.75) is 77.2 Å². The first-order chi connectivity index (χ1) is 37.7. The molecule has 3 atom stereocenters. The fourth-order valence-corrected chi connectivity index (χ4v) is 7.50. The van der Waals surface area contributed by atoms with Crippen molar-refractivity contribution in [3.63, 3.8) is 0 Å². The van der Waals surface area contributed by atoms with Crippen LogP contribution in [0.25, 0.3) is 0 Å². The molecule has 0 radical (unpaired) electrons. The molecular formula is C61H62N6O11. The molecule has 17 heteroatoms. The number of methoxy groups -OCH3 is 1. The third kappa shape index (κ3) is 18.0. The van der Waals surface area contributed by atoms with Crippen LogP contribution in [0, 0.1) is 0 Å². The summed E-state index contributed by atoms with van der Waals surface area (Å²) < 4.78 is 28.0. The Bertz CT molecular complexity index is 3220. The van der Waals surface area contributed by atoms with Crippen LogP contribution in [0.1, 0.15) is 65.8 Å². The predicted octanol–water partition coefficient (Wildman–Crippen LogP) is 9.67. The van der Waals surface area contributed by atoms with Crippen LogP contribution in [-0.4, -0.2) is 73.4 Å². The summed E-state index contributed by atoms with van der Waals surface area (Å²) in [6, 6.07) is 43.9. The highest BCUT2D eigenvalue weighted by molar-refractivity contribution is 6.04. The first-order valence-electron chi connectivity index (χ1n) is 24.9. The number of aliphatic hydroxyl groups excluding tert-OH is 3. The number of nitrogens with zero attached hydrogens (tertiary/aromatic N) is 3. The van der Waals surface area contributed by atoms with Crippen LogP contribution >= 0.6 is 0 Å². The zero-order valence-corrected chi connectivity index (χ0v) is 43.6. The van der Waals surface area contributed by atoms with Crippen molar-refractivity contribution < 1.29 is 53.1 Å². The molecule has 0 unspecified atom stereocenters. The number of furan rings is 1. The van der Waals surface area contributed by atoms with E-state index in [-0.39, 0.29) is 41.4 Å². The van der Waals surface area contributed by atoms with Gasteiger partial charge in [0, 0.05) is 107 Å². The molecule has 0 saturated heterocycles. The fourth-order valence-electron chi connectivity index (χ4n) is 7.50. The van der Waals surface area contributed by atoms with Crippen molar-refractivity contribution in [3.05, 3.63) is 228 Å². The van der Waals surface area contributed by atoms with E-state index in [2.05, 4.69) is 30.9 Å². The molecule has 8 aromatic rings. The van der Waals surface area contributed by atoms with Crippen molar-refractivity contribution in [1.29, 1.82) is 0 Å². The molecule has 0 saturated carbocycles. The van der Waals surface area contributed by atoms with Crippen molar-refractivity contribution in [3.8, 4) is 23.0 Å². The molecule has 3 amide bonds. The largest absolute Gasteiger partial charge is 0.497 e. The van der Waals surface area contributed by atoms with Gasteiger partial charge in [-0.1, -0.05) is 69.3 Å². The van der Waals surface area contributed by atoms with Crippen molar-refractivity contribution >= 4 is 34.8 Å². The maximum Gasteiger partial charge on any atom is 0.291 e. The molecule has 0 fully saturated rings. The average Bonchev–Trinajstić information content (AvgIpc) is 3.98. The van der Waals surface area contributed by atoms with Crippen molar-refractivity contribution in [2.24, 2.45) is 0 Å². The lowest BCUT2D eigenvalue weighted by Crippen LogP contribution is -2.41. The highest BCUT2D eigenvalue weighted by Crippen LogP contribution is 2.27. The van der Waals surface area contributed by atoms with E-state index in [0.29, 0.717) is 54.1 Å². The quantitative estimate of drug-likeness (QED) is 0.0498. The Labute approximate surface area is 452 Å². The van der Waals surface area contributed by atoms with Gasteiger partial charge in [-0.2, -0.15) is 0 Å². The van der Waals surface area contributed by atoms with Gasteiger partial charge in [-0.3, -0.25) is 29.3 Å². The third-order valence-corrected chi connectivity index (χ3v) is 11.6. The first-order valence-corrected chi connectivity index (χ1v) is 24.9. The summed E-state index contributed by atoms with van der Waals surface area (Å²) in [7, 11) is 1.61. The number of carbonyl (C=O) groups excluding carboxylic acids is 3. The number of amides is 3. The topological polar surface area (TPSA) is 237 Å². The van der Waals surface area contributed by atoms with E-state index in [1.54, 1.807) is 86.8 Å². The lowest BCUT2D eigenvalue weighted by atomic mass is 9.92. The number of aromatic nitrogens is 3. The second kappa shape index (κ2) is 28.1. The maximum atomic E-state index is 12.4. The molecule has 1 aliphatic rings. The Balaban J connectivity index is 0.000000170. The number of hydrogen-bond donors (Lipinski definition) is 6. The lowest BCUT2D eigenvalue weighted by molar-refractivity contribution is -0.116. The van der Waals surface area contributed by atoms with E-state index in [9.17, 15) is 29.7 Å². The predicted molar refractivity (Wildman–Crippen MR) is 295 cm³/mol. The summed E-state index contributed by atoms with van der Waals surface area (Å²) in [5, 5.41) is 37.3. The molecule has 9 rings (SSSR count). The van der Waals surface area contributed by atoms with E-state index < -0.39 is 24.2 Å². The van der Waals surface area contributed by atoms with E-state index in [1.807, 2.05) is 124 Å². The van der Waals surface area contributed by atoms with Gasteiger partial charge in [0.2, 0.25) is 5.91 Å². The zero-order chi connectivity index (χ0) is 55.3. The van der Waals surface area contributed by atoms with Crippen LogP contribution in [0.3, 0.4) is 0 Å². The molecular weight excluding hydrogens is 993 g/mol. The number of anilines is 3. The molecule has 78 heavy (non-hydrogen) atoms. The SMILES string of the molecule is CC(C)(C)c1ccc(C(=O)Nc2cccc(OCc3cccnc3)c2)o1.COc1cccc(CC(=O)Nc2cccc(OCc3cccnc3)c2)c1.O=C(Nc1cccc(OCc2cccnc2)c1)C1=C[C@H](O)[C@H](O)[C@@H](O)C1. The monoisotopic (exact) mass is 1050 g/mol. The maximum absolute atomic E-state index is 12.4. The molecule has 4 aromatic heterocycles. The van der Waals surface area contributed by atoms with E-state index in [0.717, 1.165) is 33.8 Å². The highest BCUT2D eigenvalue weighted by atomic mass is 16.5. The second-order valence-corrected chi connectivity index (χ2v) is 18.9. The zero-order valence-electron chi connectivity index (χ0n) is 43.6. The molecule has 0 bridgehead atoms. The third-order valence-electron chi connectivity index (χ3n) is 11.6.